The van der Waals surface area contributed by atoms with Gasteiger partial charge in [0, 0.05) is 19.2 Å². The smallest absolute Gasteiger partial charge is 0.335 e. The third-order valence-electron chi connectivity index (χ3n) is 5.35. The highest BCUT2D eigenvalue weighted by Crippen LogP contribution is 2.36. The van der Waals surface area contributed by atoms with E-state index < -0.39 is 23.7 Å². The first-order valence-corrected chi connectivity index (χ1v) is 9.94. The van der Waals surface area contributed by atoms with Crippen LogP contribution in [-0.4, -0.2) is 50.9 Å². The molecule has 0 radical (unpaired) electrons. The Kier molecular flexibility index (Phi) is 4.98. The van der Waals surface area contributed by atoms with Gasteiger partial charge in [0.25, 0.3) is 11.8 Å². The van der Waals surface area contributed by atoms with E-state index in [4.69, 9.17) is 14.2 Å². The van der Waals surface area contributed by atoms with E-state index in [0.29, 0.717) is 49.1 Å². The first-order chi connectivity index (χ1) is 15.5. The molecule has 9 nitrogen and oxygen atoms in total. The van der Waals surface area contributed by atoms with Crippen LogP contribution in [-0.2, 0) is 14.3 Å². The lowest BCUT2D eigenvalue weighted by Gasteiger charge is -2.29. The number of ether oxygens (including phenoxy) is 3. The quantitative estimate of drug-likeness (QED) is 0.578. The molecule has 5 rings (SSSR count). The number of imide groups is 2. The SMILES string of the molecule is O=C1NC(=O)N(c2ccc3c(c2)OCO3)C(=O)/C1=C\c1ccc(N2CCOCC2)c(F)c1. The molecule has 2 aromatic rings. The predicted octanol–water partition coefficient (Wildman–Crippen LogP) is 2.06. The molecule has 2 aromatic carbocycles. The van der Waals surface area contributed by atoms with Crippen molar-refractivity contribution in [3.05, 3.63) is 53.4 Å². The minimum absolute atomic E-state index is 0.0363. The topological polar surface area (TPSA) is 97.4 Å². The number of anilines is 2. The van der Waals surface area contributed by atoms with Crippen molar-refractivity contribution in [2.75, 3.05) is 42.9 Å². The van der Waals surface area contributed by atoms with Gasteiger partial charge in [0.2, 0.25) is 6.79 Å². The number of nitrogens with one attached hydrogen (secondary N) is 1. The van der Waals surface area contributed by atoms with Gasteiger partial charge in [-0.3, -0.25) is 14.9 Å². The van der Waals surface area contributed by atoms with Gasteiger partial charge in [0.1, 0.15) is 11.4 Å². The van der Waals surface area contributed by atoms with Crippen molar-refractivity contribution in [1.82, 2.24) is 5.32 Å². The summed E-state index contributed by atoms with van der Waals surface area (Å²) in [7, 11) is 0. The Morgan fingerprint density at radius 2 is 1.75 bits per heavy atom. The minimum Gasteiger partial charge on any atom is -0.454 e. The summed E-state index contributed by atoms with van der Waals surface area (Å²) in [6, 6.07) is 8.13. The van der Waals surface area contributed by atoms with Gasteiger partial charge in [-0.2, -0.15) is 0 Å². The molecule has 0 aliphatic carbocycles. The lowest BCUT2D eigenvalue weighted by Crippen LogP contribution is -2.54. The van der Waals surface area contributed by atoms with Crippen LogP contribution in [0.5, 0.6) is 11.5 Å². The standard InChI is InChI=1S/C22H18FN3O6/c23-16-10-13(1-3-17(16)25-5-7-30-8-6-25)9-15-20(27)24-22(29)26(21(15)28)14-2-4-18-19(11-14)32-12-31-18/h1-4,9-11H,5-8,12H2,(H,24,27,29)/b15-9-. The Morgan fingerprint density at radius 1 is 0.969 bits per heavy atom. The van der Waals surface area contributed by atoms with Gasteiger partial charge in [0.15, 0.2) is 11.5 Å². The van der Waals surface area contributed by atoms with Crippen LogP contribution in [0.25, 0.3) is 6.08 Å². The molecule has 3 aliphatic heterocycles. The van der Waals surface area contributed by atoms with Crippen LogP contribution >= 0.6 is 0 Å². The molecule has 1 N–H and O–H groups in total. The van der Waals surface area contributed by atoms with Crippen LogP contribution in [0.2, 0.25) is 0 Å². The maximum absolute atomic E-state index is 14.7. The zero-order chi connectivity index (χ0) is 22.2. The Balaban J connectivity index is 1.44. The Hall–Kier alpha value is -3.92. The second kappa shape index (κ2) is 7.97. The van der Waals surface area contributed by atoms with Gasteiger partial charge in [-0.05, 0) is 35.9 Å². The van der Waals surface area contributed by atoms with Crippen LogP contribution in [0.15, 0.2) is 42.0 Å². The molecular weight excluding hydrogens is 421 g/mol. The van der Waals surface area contributed by atoms with Crippen molar-refractivity contribution in [3.63, 3.8) is 0 Å². The molecule has 4 amide bonds. The first kappa shape index (κ1) is 20.0. The molecule has 3 heterocycles. The van der Waals surface area contributed by atoms with Crippen molar-refractivity contribution in [2.24, 2.45) is 0 Å². The number of fused-ring (bicyclic) bond motifs is 1. The number of urea groups is 1. The lowest BCUT2D eigenvalue weighted by atomic mass is 10.1. The Morgan fingerprint density at radius 3 is 2.53 bits per heavy atom. The monoisotopic (exact) mass is 439 g/mol. The van der Waals surface area contributed by atoms with E-state index in [-0.39, 0.29) is 18.1 Å². The second-order valence-electron chi connectivity index (χ2n) is 7.31. The van der Waals surface area contributed by atoms with Crippen LogP contribution in [0.1, 0.15) is 5.56 Å². The van der Waals surface area contributed by atoms with Gasteiger partial charge in [0.05, 0.1) is 24.6 Å². The number of rotatable bonds is 3. The molecule has 164 valence electrons. The third-order valence-corrected chi connectivity index (χ3v) is 5.35. The summed E-state index contributed by atoms with van der Waals surface area (Å²) in [5.41, 5.74) is 0.662. The fourth-order valence-electron chi connectivity index (χ4n) is 3.76. The highest BCUT2D eigenvalue weighted by Gasteiger charge is 2.37. The summed E-state index contributed by atoms with van der Waals surface area (Å²) in [6.45, 7) is 2.22. The number of amides is 4. The van der Waals surface area contributed by atoms with Gasteiger partial charge in [-0.25, -0.2) is 14.1 Å². The summed E-state index contributed by atoms with van der Waals surface area (Å²) >= 11 is 0. The fourth-order valence-corrected chi connectivity index (χ4v) is 3.76. The van der Waals surface area contributed by atoms with E-state index in [0.717, 1.165) is 4.90 Å². The highest BCUT2D eigenvalue weighted by molar-refractivity contribution is 6.39. The molecule has 3 aliphatic rings. The molecule has 0 aromatic heterocycles. The zero-order valence-corrected chi connectivity index (χ0v) is 16.8. The molecule has 2 saturated heterocycles. The average Bonchev–Trinajstić information content (AvgIpc) is 3.25. The summed E-state index contributed by atoms with van der Waals surface area (Å²) in [5.74, 6) is -1.29. The summed E-state index contributed by atoms with van der Waals surface area (Å²) in [4.78, 5) is 40.5. The van der Waals surface area contributed by atoms with Gasteiger partial charge < -0.3 is 19.1 Å². The summed E-state index contributed by atoms with van der Waals surface area (Å²) in [6.07, 6.45) is 1.26. The van der Waals surface area contributed by atoms with Crippen molar-refractivity contribution in [1.29, 1.82) is 0 Å². The van der Waals surface area contributed by atoms with Crippen molar-refractivity contribution < 1.29 is 33.0 Å². The Labute approximate surface area is 181 Å². The normalized spacial score (nSPS) is 19.5. The second-order valence-corrected chi connectivity index (χ2v) is 7.31. The van der Waals surface area contributed by atoms with E-state index in [1.807, 2.05) is 4.90 Å². The van der Waals surface area contributed by atoms with Crippen molar-refractivity contribution in [3.8, 4) is 11.5 Å². The highest BCUT2D eigenvalue weighted by atomic mass is 19.1. The number of hydrogen-bond acceptors (Lipinski definition) is 7. The van der Waals surface area contributed by atoms with Crippen LogP contribution in [0.3, 0.4) is 0 Å². The van der Waals surface area contributed by atoms with E-state index in [2.05, 4.69) is 5.32 Å². The molecular formula is C22H18FN3O6. The fraction of sp³-hybridized carbons (Fsp3) is 0.227. The maximum Gasteiger partial charge on any atom is 0.335 e. The average molecular weight is 439 g/mol. The predicted molar refractivity (Wildman–Crippen MR) is 111 cm³/mol. The van der Waals surface area contributed by atoms with E-state index in [9.17, 15) is 18.8 Å². The van der Waals surface area contributed by atoms with Gasteiger partial charge in [-0.1, -0.05) is 6.07 Å². The Bertz CT molecular complexity index is 1160. The summed E-state index contributed by atoms with van der Waals surface area (Å²) < 4.78 is 30.5. The molecule has 0 spiro atoms. The molecule has 10 heteroatoms. The largest absolute Gasteiger partial charge is 0.454 e. The van der Waals surface area contributed by atoms with E-state index >= 15 is 0 Å². The zero-order valence-electron chi connectivity index (χ0n) is 16.8. The molecule has 0 atom stereocenters. The van der Waals surface area contributed by atoms with Crippen molar-refractivity contribution in [2.45, 2.75) is 0 Å². The first-order valence-electron chi connectivity index (χ1n) is 9.94. The number of hydrogen-bond donors (Lipinski definition) is 1. The number of benzene rings is 2. The van der Waals surface area contributed by atoms with Crippen LogP contribution in [0, 0.1) is 5.82 Å². The lowest BCUT2D eigenvalue weighted by molar-refractivity contribution is -0.122. The number of barbiturate groups is 1. The number of carbonyl (C=O) groups excluding carboxylic acids is 3. The molecule has 0 saturated carbocycles. The van der Waals surface area contributed by atoms with Gasteiger partial charge >= 0.3 is 6.03 Å². The van der Waals surface area contributed by atoms with Crippen molar-refractivity contribution >= 4 is 35.3 Å². The number of halogens is 1. The van der Waals surface area contributed by atoms with Gasteiger partial charge in [-0.15, -0.1) is 0 Å². The number of carbonyl (C=O) groups is 3. The summed E-state index contributed by atoms with van der Waals surface area (Å²) in [5, 5.41) is 2.15. The maximum atomic E-state index is 14.7. The van der Waals surface area contributed by atoms with Crippen LogP contribution < -0.4 is 24.6 Å². The minimum atomic E-state index is -0.884. The number of nitrogens with zero attached hydrogens (tertiary/aromatic N) is 2. The van der Waals surface area contributed by atoms with Crippen LogP contribution in [0.4, 0.5) is 20.6 Å². The van der Waals surface area contributed by atoms with E-state index in [1.54, 1.807) is 18.2 Å². The molecule has 2 fully saturated rings. The molecule has 0 bridgehead atoms. The number of morpholine rings is 1. The molecule has 0 unspecified atom stereocenters. The third kappa shape index (κ3) is 3.54. The molecule has 32 heavy (non-hydrogen) atoms. The van der Waals surface area contributed by atoms with E-state index in [1.165, 1.54) is 24.3 Å².